The topological polar surface area (TPSA) is 68.1 Å². The van der Waals surface area contributed by atoms with Crippen molar-refractivity contribution in [1.29, 1.82) is 0 Å². The van der Waals surface area contributed by atoms with Crippen LogP contribution in [0, 0.1) is 0 Å². The van der Waals surface area contributed by atoms with Crippen molar-refractivity contribution in [3.8, 4) is 17.1 Å². The molecule has 23 heavy (non-hydrogen) atoms. The molecule has 0 fully saturated rings. The number of hydrogen-bond donors (Lipinski definition) is 1. The van der Waals surface area contributed by atoms with E-state index in [1.54, 1.807) is 12.1 Å². The van der Waals surface area contributed by atoms with Crippen molar-refractivity contribution in [2.24, 2.45) is 0 Å². The minimum atomic E-state index is -0.362. The van der Waals surface area contributed by atoms with Gasteiger partial charge in [0.15, 0.2) is 0 Å². The third-order valence-corrected chi connectivity index (χ3v) is 3.69. The second-order valence-electron chi connectivity index (χ2n) is 5.17. The average molecular weight is 306 g/mol. The van der Waals surface area contributed by atoms with Crippen molar-refractivity contribution in [2.45, 2.75) is 6.92 Å². The number of ether oxygens (including phenoxy) is 1. The maximum atomic E-state index is 11.3. The number of fused-ring (bicyclic) bond motifs is 3. The number of nitrogens with one attached hydrogen (secondary N) is 1. The maximum Gasteiger partial charge on any atom is 0.336 e. The van der Waals surface area contributed by atoms with Gasteiger partial charge in [0.1, 0.15) is 17.2 Å². The first-order chi connectivity index (χ1) is 11.2. The molecule has 114 valence electrons. The Balaban J connectivity index is 1.85. The zero-order valence-electron chi connectivity index (χ0n) is 12.5. The Morgan fingerprint density at radius 1 is 1.09 bits per heavy atom. The molecule has 0 aliphatic rings. The SMILES string of the molecule is CCOc1ccc(-c2nc3c(ccc4oc(=O)ccc43)[nH]2)cc1. The van der Waals surface area contributed by atoms with Crippen molar-refractivity contribution in [2.75, 3.05) is 6.61 Å². The van der Waals surface area contributed by atoms with Crippen LogP contribution in [0.15, 0.2) is 57.7 Å². The lowest BCUT2D eigenvalue weighted by Gasteiger charge is -2.02. The van der Waals surface area contributed by atoms with Crippen LogP contribution in [0.1, 0.15) is 6.92 Å². The molecule has 5 heteroatoms. The van der Waals surface area contributed by atoms with Gasteiger partial charge in [-0.3, -0.25) is 0 Å². The molecule has 0 saturated heterocycles. The fourth-order valence-electron chi connectivity index (χ4n) is 2.63. The molecule has 0 bridgehead atoms. The second kappa shape index (κ2) is 5.28. The lowest BCUT2D eigenvalue weighted by Crippen LogP contribution is -1.94. The molecule has 2 aromatic heterocycles. The smallest absolute Gasteiger partial charge is 0.336 e. The molecule has 1 N–H and O–H groups in total. The van der Waals surface area contributed by atoms with Gasteiger partial charge in [-0.05, 0) is 49.4 Å². The first kappa shape index (κ1) is 13.6. The molecule has 0 amide bonds. The van der Waals surface area contributed by atoms with Crippen molar-refractivity contribution >= 4 is 22.0 Å². The van der Waals surface area contributed by atoms with Crippen molar-refractivity contribution in [3.05, 3.63) is 59.0 Å². The number of imidazole rings is 1. The van der Waals surface area contributed by atoms with E-state index in [2.05, 4.69) is 9.97 Å². The quantitative estimate of drug-likeness (QED) is 0.585. The zero-order valence-corrected chi connectivity index (χ0v) is 12.5. The third-order valence-electron chi connectivity index (χ3n) is 3.69. The van der Waals surface area contributed by atoms with E-state index >= 15 is 0 Å². The second-order valence-corrected chi connectivity index (χ2v) is 5.17. The van der Waals surface area contributed by atoms with Crippen molar-refractivity contribution in [3.63, 3.8) is 0 Å². The molecule has 0 atom stereocenters. The highest BCUT2D eigenvalue weighted by molar-refractivity contribution is 6.02. The van der Waals surface area contributed by atoms with E-state index in [1.807, 2.05) is 37.3 Å². The number of rotatable bonds is 3. The Hall–Kier alpha value is -3.08. The van der Waals surface area contributed by atoms with Crippen LogP contribution in [0.2, 0.25) is 0 Å². The zero-order chi connectivity index (χ0) is 15.8. The summed E-state index contributed by atoms with van der Waals surface area (Å²) in [6, 6.07) is 14.6. The molecular formula is C18H14N2O3. The van der Waals surface area contributed by atoms with E-state index in [4.69, 9.17) is 9.15 Å². The van der Waals surface area contributed by atoms with Gasteiger partial charge in [0, 0.05) is 17.0 Å². The fourth-order valence-corrected chi connectivity index (χ4v) is 2.63. The van der Waals surface area contributed by atoms with Crippen LogP contribution >= 0.6 is 0 Å². The number of nitrogens with zero attached hydrogens (tertiary/aromatic N) is 1. The van der Waals surface area contributed by atoms with Crippen LogP contribution < -0.4 is 10.4 Å². The molecule has 0 aliphatic heterocycles. The largest absolute Gasteiger partial charge is 0.494 e. The van der Waals surface area contributed by atoms with E-state index in [0.717, 1.165) is 33.6 Å². The van der Waals surface area contributed by atoms with Gasteiger partial charge in [-0.2, -0.15) is 0 Å². The summed E-state index contributed by atoms with van der Waals surface area (Å²) >= 11 is 0. The lowest BCUT2D eigenvalue weighted by atomic mass is 10.2. The molecule has 0 spiro atoms. The molecule has 4 aromatic rings. The summed E-state index contributed by atoms with van der Waals surface area (Å²) in [6.07, 6.45) is 0. The van der Waals surface area contributed by atoms with Crippen LogP contribution in [0.3, 0.4) is 0 Å². The summed E-state index contributed by atoms with van der Waals surface area (Å²) in [4.78, 5) is 19.3. The molecule has 0 radical (unpaired) electrons. The van der Waals surface area contributed by atoms with Gasteiger partial charge in [0.25, 0.3) is 0 Å². The summed E-state index contributed by atoms with van der Waals surface area (Å²) in [5.41, 5.74) is 2.83. The molecule has 5 nitrogen and oxygen atoms in total. The highest BCUT2D eigenvalue weighted by atomic mass is 16.5. The number of aromatic nitrogens is 2. The Morgan fingerprint density at radius 2 is 1.91 bits per heavy atom. The van der Waals surface area contributed by atoms with Crippen LogP contribution in [-0.2, 0) is 0 Å². The van der Waals surface area contributed by atoms with Gasteiger partial charge >= 0.3 is 5.63 Å². The normalized spacial score (nSPS) is 11.2. The predicted octanol–water partition coefficient (Wildman–Crippen LogP) is 3.74. The number of aromatic amines is 1. The minimum absolute atomic E-state index is 0.362. The van der Waals surface area contributed by atoms with Gasteiger partial charge in [-0.15, -0.1) is 0 Å². The molecule has 4 rings (SSSR count). The van der Waals surface area contributed by atoms with Gasteiger partial charge in [-0.25, -0.2) is 9.78 Å². The summed E-state index contributed by atoms with van der Waals surface area (Å²) < 4.78 is 10.7. The molecule has 0 unspecified atom stereocenters. The van der Waals surface area contributed by atoms with Crippen LogP contribution in [0.4, 0.5) is 0 Å². The molecule has 2 heterocycles. The van der Waals surface area contributed by atoms with Gasteiger partial charge in [-0.1, -0.05) is 0 Å². The standard InChI is InChI=1S/C18H14N2O3/c1-2-22-12-5-3-11(4-6-12)18-19-14-8-9-15-13(17(14)20-18)7-10-16(21)23-15/h3-10H,2H2,1H3,(H,19,20). The Morgan fingerprint density at radius 3 is 2.70 bits per heavy atom. The monoisotopic (exact) mass is 306 g/mol. The van der Waals surface area contributed by atoms with Crippen LogP contribution in [-0.4, -0.2) is 16.6 Å². The molecule has 0 saturated carbocycles. The van der Waals surface area contributed by atoms with Gasteiger partial charge in [0.05, 0.1) is 17.6 Å². The molecule has 0 aliphatic carbocycles. The lowest BCUT2D eigenvalue weighted by molar-refractivity contribution is 0.340. The number of benzene rings is 2. The Labute approximate surface area is 131 Å². The highest BCUT2D eigenvalue weighted by Gasteiger charge is 2.10. The Bertz CT molecular complexity index is 1050. The van der Waals surface area contributed by atoms with Crippen molar-refractivity contribution in [1.82, 2.24) is 9.97 Å². The summed E-state index contributed by atoms with van der Waals surface area (Å²) in [7, 11) is 0. The summed E-state index contributed by atoms with van der Waals surface area (Å²) in [5, 5.41) is 0.815. The fraction of sp³-hybridized carbons (Fsp3) is 0.111. The van der Waals surface area contributed by atoms with Gasteiger partial charge in [0.2, 0.25) is 0 Å². The van der Waals surface area contributed by atoms with Crippen LogP contribution in [0.25, 0.3) is 33.4 Å². The Kier molecular flexibility index (Phi) is 3.12. The maximum absolute atomic E-state index is 11.3. The summed E-state index contributed by atoms with van der Waals surface area (Å²) in [5.74, 6) is 1.60. The van der Waals surface area contributed by atoms with E-state index < -0.39 is 0 Å². The highest BCUT2D eigenvalue weighted by Crippen LogP contribution is 2.27. The van der Waals surface area contributed by atoms with Crippen molar-refractivity contribution < 1.29 is 9.15 Å². The third kappa shape index (κ3) is 2.36. The van der Waals surface area contributed by atoms with Crippen LogP contribution in [0.5, 0.6) is 5.75 Å². The number of hydrogen-bond acceptors (Lipinski definition) is 4. The van der Waals surface area contributed by atoms with E-state index in [0.29, 0.717) is 12.2 Å². The average Bonchev–Trinajstić information content (AvgIpc) is 3.00. The first-order valence-corrected chi connectivity index (χ1v) is 7.40. The number of H-pyrrole nitrogens is 1. The molecular weight excluding hydrogens is 292 g/mol. The molecule has 2 aromatic carbocycles. The van der Waals surface area contributed by atoms with E-state index in [9.17, 15) is 4.79 Å². The summed E-state index contributed by atoms with van der Waals surface area (Å²) in [6.45, 7) is 2.60. The predicted molar refractivity (Wildman–Crippen MR) is 88.7 cm³/mol. The first-order valence-electron chi connectivity index (χ1n) is 7.40. The van der Waals surface area contributed by atoms with Gasteiger partial charge < -0.3 is 14.1 Å². The minimum Gasteiger partial charge on any atom is -0.494 e. The van der Waals surface area contributed by atoms with E-state index in [-0.39, 0.29) is 5.63 Å². The van der Waals surface area contributed by atoms with E-state index in [1.165, 1.54) is 6.07 Å².